The molecule has 3 nitrogen and oxygen atoms in total. The highest BCUT2D eigenvalue weighted by Gasteiger charge is 2.63. The summed E-state index contributed by atoms with van der Waals surface area (Å²) in [6, 6.07) is 3.30. The number of carbonyl (C=O) groups is 1. The zero-order chi connectivity index (χ0) is 14.1. The molecule has 0 aliphatic heterocycles. The number of nitrogen functional groups attached to an aromatic ring is 1. The first-order valence-corrected chi connectivity index (χ1v) is 4.74. The second-order valence-corrected chi connectivity index (χ2v) is 3.67. The Balaban J connectivity index is 2.95. The lowest BCUT2D eigenvalue weighted by atomic mass is 10.2. The molecule has 1 amide bonds. The Morgan fingerprint density at radius 1 is 1.22 bits per heavy atom. The van der Waals surface area contributed by atoms with Gasteiger partial charge in [0.15, 0.2) is 0 Å². The van der Waals surface area contributed by atoms with Gasteiger partial charge in [0.25, 0.3) is 0 Å². The van der Waals surface area contributed by atoms with Gasteiger partial charge in [0.05, 0.1) is 10.7 Å². The van der Waals surface area contributed by atoms with Crippen molar-refractivity contribution in [2.45, 2.75) is 12.1 Å². The van der Waals surface area contributed by atoms with E-state index in [0.717, 1.165) is 12.1 Å². The molecule has 0 saturated heterocycles. The van der Waals surface area contributed by atoms with Gasteiger partial charge in [0, 0.05) is 5.69 Å². The number of carbonyl (C=O) groups excluding carboxylic acids is 1. The molecule has 0 spiro atoms. The predicted octanol–water partition coefficient (Wildman–Crippen LogP) is 3.06. The highest BCUT2D eigenvalue weighted by Crippen LogP contribution is 2.37. The zero-order valence-corrected chi connectivity index (χ0v) is 9.24. The molecule has 9 heteroatoms. The maximum atomic E-state index is 12.6. The summed E-state index contributed by atoms with van der Waals surface area (Å²) in [4.78, 5) is 10.8. The van der Waals surface area contributed by atoms with Crippen LogP contribution in [0.5, 0.6) is 0 Å². The van der Waals surface area contributed by atoms with Crippen LogP contribution in [0.15, 0.2) is 18.2 Å². The van der Waals surface area contributed by atoms with Gasteiger partial charge in [-0.05, 0) is 18.2 Å². The van der Waals surface area contributed by atoms with E-state index in [1.807, 2.05) is 0 Å². The van der Waals surface area contributed by atoms with Crippen molar-refractivity contribution in [3.63, 3.8) is 0 Å². The number of rotatable bonds is 2. The molecule has 0 unspecified atom stereocenters. The number of halogens is 6. The van der Waals surface area contributed by atoms with Gasteiger partial charge in [-0.25, -0.2) is 0 Å². The lowest BCUT2D eigenvalue weighted by Gasteiger charge is -2.19. The van der Waals surface area contributed by atoms with Crippen LogP contribution in [-0.2, 0) is 4.79 Å². The Hall–Kier alpha value is -1.57. The molecular weight excluding hydrogens is 283 g/mol. The molecule has 100 valence electrons. The average molecular weight is 289 g/mol. The minimum atomic E-state index is -5.97. The molecule has 0 aromatic heterocycles. The Morgan fingerprint density at radius 3 is 2.22 bits per heavy atom. The highest BCUT2D eigenvalue weighted by atomic mass is 35.5. The Bertz CT molecular complexity index is 475. The molecule has 1 aromatic rings. The second kappa shape index (κ2) is 4.60. The summed E-state index contributed by atoms with van der Waals surface area (Å²) < 4.78 is 60.9. The largest absolute Gasteiger partial charge is 0.463 e. The maximum absolute atomic E-state index is 12.6. The lowest BCUT2D eigenvalue weighted by molar-refractivity contribution is -0.267. The van der Waals surface area contributed by atoms with Crippen molar-refractivity contribution < 1.29 is 26.7 Å². The number of alkyl halides is 5. The monoisotopic (exact) mass is 288 g/mol. The molecule has 0 aliphatic carbocycles. The van der Waals surface area contributed by atoms with Crippen LogP contribution in [0, 0.1) is 0 Å². The Morgan fingerprint density at radius 2 is 1.78 bits per heavy atom. The van der Waals surface area contributed by atoms with Crippen molar-refractivity contribution in [3.8, 4) is 0 Å². The highest BCUT2D eigenvalue weighted by molar-refractivity contribution is 6.34. The van der Waals surface area contributed by atoms with Crippen LogP contribution in [0.4, 0.5) is 33.3 Å². The molecule has 18 heavy (non-hydrogen) atoms. The smallest absolute Gasteiger partial charge is 0.399 e. The van der Waals surface area contributed by atoms with E-state index in [9.17, 15) is 26.7 Å². The zero-order valence-electron chi connectivity index (χ0n) is 8.49. The molecule has 0 saturated carbocycles. The quantitative estimate of drug-likeness (QED) is 0.649. The summed E-state index contributed by atoms with van der Waals surface area (Å²) in [6.45, 7) is 0. The molecule has 0 radical (unpaired) electrons. The predicted molar refractivity (Wildman–Crippen MR) is 55.5 cm³/mol. The first-order chi connectivity index (χ1) is 8.05. The molecule has 3 N–H and O–H groups in total. The average Bonchev–Trinajstić information content (AvgIpc) is 2.20. The first-order valence-electron chi connectivity index (χ1n) is 4.36. The fraction of sp³-hybridized carbons (Fsp3) is 0.222. The Labute approximate surface area is 103 Å². The van der Waals surface area contributed by atoms with Crippen LogP contribution >= 0.6 is 11.6 Å². The topological polar surface area (TPSA) is 55.1 Å². The fourth-order valence-electron chi connectivity index (χ4n) is 0.962. The second-order valence-electron chi connectivity index (χ2n) is 3.27. The maximum Gasteiger partial charge on any atom is 0.463 e. The minimum absolute atomic E-state index is 0.167. The minimum Gasteiger partial charge on any atom is -0.399 e. The van der Waals surface area contributed by atoms with Gasteiger partial charge in [0.2, 0.25) is 0 Å². The normalized spacial score (nSPS) is 12.3. The van der Waals surface area contributed by atoms with Crippen molar-refractivity contribution in [2.75, 3.05) is 11.1 Å². The van der Waals surface area contributed by atoms with Crippen LogP contribution in [0.3, 0.4) is 0 Å². The van der Waals surface area contributed by atoms with Crippen LogP contribution in [0.25, 0.3) is 0 Å². The van der Waals surface area contributed by atoms with Crippen molar-refractivity contribution in [1.82, 2.24) is 0 Å². The number of benzene rings is 1. The third-order valence-electron chi connectivity index (χ3n) is 1.88. The summed E-state index contributed by atoms with van der Waals surface area (Å²) in [5, 5.41) is 1.14. The molecule has 0 heterocycles. The van der Waals surface area contributed by atoms with E-state index >= 15 is 0 Å². The molecular formula is C9H6ClF5N2O. The van der Waals surface area contributed by atoms with Crippen molar-refractivity contribution in [2.24, 2.45) is 0 Å². The van der Waals surface area contributed by atoms with E-state index < -0.39 is 18.0 Å². The van der Waals surface area contributed by atoms with Gasteiger partial charge < -0.3 is 11.1 Å². The summed E-state index contributed by atoms with van der Waals surface area (Å²) in [6.07, 6.45) is -5.97. The van der Waals surface area contributed by atoms with Gasteiger partial charge in [-0.15, -0.1) is 0 Å². The molecule has 0 bridgehead atoms. The van der Waals surface area contributed by atoms with Crippen LogP contribution < -0.4 is 11.1 Å². The number of hydrogen-bond donors (Lipinski definition) is 2. The third kappa shape index (κ3) is 2.81. The van der Waals surface area contributed by atoms with Crippen LogP contribution in [0.1, 0.15) is 0 Å². The van der Waals surface area contributed by atoms with Gasteiger partial charge in [0.1, 0.15) is 0 Å². The van der Waals surface area contributed by atoms with Gasteiger partial charge in [-0.2, -0.15) is 22.0 Å². The number of anilines is 2. The van der Waals surface area contributed by atoms with Crippen molar-refractivity contribution in [1.29, 1.82) is 0 Å². The first kappa shape index (κ1) is 14.5. The van der Waals surface area contributed by atoms with Gasteiger partial charge in [-0.1, -0.05) is 11.6 Å². The van der Waals surface area contributed by atoms with Gasteiger partial charge >= 0.3 is 18.0 Å². The van der Waals surface area contributed by atoms with E-state index in [2.05, 4.69) is 0 Å². The molecule has 0 fully saturated rings. The van der Waals surface area contributed by atoms with E-state index in [-0.39, 0.29) is 16.4 Å². The summed E-state index contributed by atoms with van der Waals surface area (Å²) in [5.41, 5.74) is 5.07. The third-order valence-corrected chi connectivity index (χ3v) is 2.20. The fourth-order valence-corrected chi connectivity index (χ4v) is 1.20. The Kier molecular flexibility index (Phi) is 3.70. The van der Waals surface area contributed by atoms with E-state index in [0.29, 0.717) is 0 Å². The van der Waals surface area contributed by atoms with Crippen molar-refractivity contribution in [3.05, 3.63) is 23.2 Å². The van der Waals surface area contributed by atoms with Crippen LogP contribution in [-0.4, -0.2) is 18.0 Å². The van der Waals surface area contributed by atoms with E-state index in [1.165, 1.54) is 11.4 Å². The molecule has 0 aliphatic rings. The number of amides is 1. The SMILES string of the molecule is Nc1ccc(NC(=O)C(F)(F)C(F)(F)F)c(Cl)c1. The summed E-state index contributed by atoms with van der Waals surface area (Å²) >= 11 is 5.52. The molecule has 1 aromatic carbocycles. The van der Waals surface area contributed by atoms with E-state index in [4.69, 9.17) is 17.3 Å². The van der Waals surface area contributed by atoms with Crippen LogP contribution in [0.2, 0.25) is 5.02 Å². The molecule has 1 rings (SSSR count). The number of hydrogen-bond acceptors (Lipinski definition) is 2. The standard InChI is InChI=1S/C9H6ClF5N2O/c10-5-3-4(16)1-2-6(5)17-7(18)8(11,12)9(13,14)15/h1-3H,16H2,(H,17,18). The van der Waals surface area contributed by atoms with Gasteiger partial charge in [-0.3, -0.25) is 4.79 Å². The summed E-state index contributed by atoms with van der Waals surface area (Å²) in [7, 11) is 0. The number of nitrogens with one attached hydrogen (secondary N) is 1. The molecule has 0 atom stereocenters. The summed E-state index contributed by atoms with van der Waals surface area (Å²) in [5.74, 6) is -8.01. The van der Waals surface area contributed by atoms with Crippen molar-refractivity contribution >= 4 is 28.9 Å². The lowest BCUT2D eigenvalue weighted by Crippen LogP contribution is -2.47. The number of nitrogens with two attached hydrogens (primary N) is 1. The van der Waals surface area contributed by atoms with E-state index in [1.54, 1.807) is 0 Å².